The first-order chi connectivity index (χ1) is 8.83. The zero-order chi connectivity index (χ0) is 12.4. The van der Waals surface area contributed by atoms with Crippen LogP contribution in [0.25, 0.3) is 0 Å². The topological polar surface area (TPSA) is 28.4 Å². The lowest BCUT2D eigenvalue weighted by atomic mass is 10.1. The molecule has 2 aromatic rings. The van der Waals surface area contributed by atoms with Crippen LogP contribution in [0.5, 0.6) is 0 Å². The molecule has 0 radical (unpaired) electrons. The highest BCUT2D eigenvalue weighted by atomic mass is 16.3. The van der Waals surface area contributed by atoms with Gasteiger partial charge in [-0.15, -0.1) is 0 Å². The fourth-order valence-corrected chi connectivity index (χ4v) is 2.47. The molecule has 0 amide bonds. The van der Waals surface area contributed by atoms with E-state index in [0.717, 1.165) is 19.6 Å². The summed E-state index contributed by atoms with van der Waals surface area (Å²) in [6.45, 7) is 2.90. The summed E-state index contributed by atoms with van der Waals surface area (Å²) in [5.41, 5.74) is 5.40. The number of nitrogens with zero attached hydrogens (tertiary/aromatic N) is 1. The molecule has 3 nitrogen and oxygen atoms in total. The molecule has 0 saturated carbocycles. The Morgan fingerprint density at radius 2 is 2.11 bits per heavy atom. The molecule has 1 aromatic heterocycles. The first-order valence-electron chi connectivity index (χ1n) is 6.37. The maximum Gasteiger partial charge on any atom is 0.0947 e. The summed E-state index contributed by atoms with van der Waals surface area (Å²) in [4.78, 5) is 2.32. The number of likely N-dealkylation sites (N-methyl/N-ethyl adjacent to an activating group) is 1. The van der Waals surface area contributed by atoms with Crippen molar-refractivity contribution in [2.45, 2.75) is 19.5 Å². The molecule has 0 aliphatic carbocycles. The average Bonchev–Trinajstić information content (AvgIpc) is 3.00. The van der Waals surface area contributed by atoms with Gasteiger partial charge < -0.3 is 14.6 Å². The SMILES string of the molecule is CN1CCc2cc(CNCc3ccoc3)ccc21. The lowest BCUT2D eigenvalue weighted by molar-refractivity contribution is 0.560. The van der Waals surface area contributed by atoms with Gasteiger partial charge in [0.25, 0.3) is 0 Å². The Bertz CT molecular complexity index is 519. The Kier molecular flexibility index (Phi) is 3.07. The van der Waals surface area contributed by atoms with Crippen molar-refractivity contribution in [3.63, 3.8) is 0 Å². The van der Waals surface area contributed by atoms with Gasteiger partial charge in [-0.1, -0.05) is 12.1 Å². The Morgan fingerprint density at radius 1 is 1.22 bits per heavy atom. The third kappa shape index (κ3) is 2.27. The summed E-state index contributed by atoms with van der Waals surface area (Å²) >= 11 is 0. The van der Waals surface area contributed by atoms with E-state index < -0.39 is 0 Å². The van der Waals surface area contributed by atoms with Crippen LogP contribution in [0.2, 0.25) is 0 Å². The van der Waals surface area contributed by atoms with Crippen molar-refractivity contribution >= 4 is 5.69 Å². The van der Waals surface area contributed by atoms with Crippen molar-refractivity contribution in [1.82, 2.24) is 5.32 Å². The second-order valence-corrected chi connectivity index (χ2v) is 4.87. The second kappa shape index (κ2) is 4.86. The van der Waals surface area contributed by atoms with E-state index in [2.05, 4.69) is 35.5 Å². The number of anilines is 1. The van der Waals surface area contributed by atoms with Gasteiger partial charge in [-0.3, -0.25) is 0 Å². The molecule has 3 heteroatoms. The molecule has 0 saturated heterocycles. The van der Waals surface area contributed by atoms with Gasteiger partial charge in [-0.25, -0.2) is 0 Å². The summed E-state index contributed by atoms with van der Waals surface area (Å²) in [5.74, 6) is 0. The molecule has 3 rings (SSSR count). The molecule has 1 N–H and O–H groups in total. The van der Waals surface area contributed by atoms with Gasteiger partial charge in [-0.2, -0.15) is 0 Å². The zero-order valence-corrected chi connectivity index (χ0v) is 10.6. The fourth-order valence-electron chi connectivity index (χ4n) is 2.47. The summed E-state index contributed by atoms with van der Waals surface area (Å²) in [6, 6.07) is 8.76. The Morgan fingerprint density at radius 3 is 2.94 bits per heavy atom. The van der Waals surface area contributed by atoms with Crippen LogP contribution in [-0.2, 0) is 19.5 Å². The summed E-state index contributed by atoms with van der Waals surface area (Å²) in [6.07, 6.45) is 4.66. The highest BCUT2D eigenvalue weighted by Gasteiger charge is 2.15. The minimum absolute atomic E-state index is 0.855. The van der Waals surface area contributed by atoms with Crippen molar-refractivity contribution in [3.05, 3.63) is 53.5 Å². The first kappa shape index (κ1) is 11.4. The summed E-state index contributed by atoms with van der Waals surface area (Å²) in [5, 5.41) is 3.43. The van der Waals surface area contributed by atoms with Crippen LogP contribution in [0.4, 0.5) is 5.69 Å². The number of rotatable bonds is 4. The van der Waals surface area contributed by atoms with Crippen molar-refractivity contribution in [3.8, 4) is 0 Å². The van der Waals surface area contributed by atoms with E-state index in [0.29, 0.717) is 0 Å². The van der Waals surface area contributed by atoms with Gasteiger partial charge in [0, 0.05) is 37.9 Å². The lowest BCUT2D eigenvalue weighted by Gasteiger charge is -2.12. The number of benzene rings is 1. The molecule has 1 aliphatic heterocycles. The normalized spacial score (nSPS) is 13.9. The van der Waals surface area contributed by atoms with Crippen molar-refractivity contribution in [2.24, 2.45) is 0 Å². The molecular weight excluding hydrogens is 224 g/mol. The van der Waals surface area contributed by atoms with Crippen molar-refractivity contribution in [2.75, 3.05) is 18.5 Å². The Labute approximate surface area is 107 Å². The number of furan rings is 1. The van der Waals surface area contributed by atoms with Crippen molar-refractivity contribution in [1.29, 1.82) is 0 Å². The van der Waals surface area contributed by atoms with E-state index in [4.69, 9.17) is 4.42 Å². The molecule has 0 unspecified atom stereocenters. The largest absolute Gasteiger partial charge is 0.472 e. The van der Waals surface area contributed by atoms with Crippen LogP contribution in [0.1, 0.15) is 16.7 Å². The maximum absolute atomic E-state index is 5.04. The predicted octanol–water partition coefficient (Wildman–Crippen LogP) is 2.56. The third-order valence-electron chi connectivity index (χ3n) is 3.51. The second-order valence-electron chi connectivity index (χ2n) is 4.87. The van der Waals surface area contributed by atoms with E-state index in [9.17, 15) is 0 Å². The molecule has 1 aliphatic rings. The molecule has 94 valence electrons. The quantitative estimate of drug-likeness (QED) is 0.893. The Balaban J connectivity index is 1.60. The van der Waals surface area contributed by atoms with Crippen LogP contribution >= 0.6 is 0 Å². The van der Waals surface area contributed by atoms with Gasteiger partial charge >= 0.3 is 0 Å². The Hall–Kier alpha value is -1.74. The van der Waals surface area contributed by atoms with Crippen LogP contribution < -0.4 is 10.2 Å². The summed E-state index contributed by atoms with van der Waals surface area (Å²) in [7, 11) is 2.16. The highest BCUT2D eigenvalue weighted by molar-refractivity contribution is 5.58. The monoisotopic (exact) mass is 242 g/mol. The number of nitrogens with one attached hydrogen (secondary N) is 1. The van der Waals surface area contributed by atoms with Crippen LogP contribution in [0, 0.1) is 0 Å². The molecule has 2 heterocycles. The molecule has 0 atom stereocenters. The third-order valence-corrected chi connectivity index (χ3v) is 3.51. The van der Waals surface area contributed by atoms with E-state index >= 15 is 0 Å². The van der Waals surface area contributed by atoms with Gasteiger partial charge in [0.2, 0.25) is 0 Å². The van der Waals surface area contributed by atoms with Gasteiger partial charge in [0.1, 0.15) is 0 Å². The lowest BCUT2D eigenvalue weighted by Crippen LogP contribution is -2.13. The first-order valence-corrected chi connectivity index (χ1v) is 6.37. The predicted molar refractivity (Wildman–Crippen MR) is 72.7 cm³/mol. The number of fused-ring (bicyclic) bond motifs is 1. The minimum Gasteiger partial charge on any atom is -0.472 e. The van der Waals surface area contributed by atoms with Crippen molar-refractivity contribution < 1.29 is 4.42 Å². The smallest absolute Gasteiger partial charge is 0.0947 e. The van der Waals surface area contributed by atoms with E-state index in [1.807, 2.05) is 6.07 Å². The molecule has 1 aromatic carbocycles. The molecule has 0 spiro atoms. The minimum atomic E-state index is 0.855. The van der Waals surface area contributed by atoms with Gasteiger partial charge in [-0.05, 0) is 29.7 Å². The number of hydrogen-bond acceptors (Lipinski definition) is 3. The number of hydrogen-bond donors (Lipinski definition) is 1. The van der Waals surface area contributed by atoms with Crippen LogP contribution in [0.3, 0.4) is 0 Å². The molecule has 0 fully saturated rings. The standard InChI is InChI=1S/C15H18N2O/c1-17-6-4-14-8-12(2-3-15(14)17)9-16-10-13-5-7-18-11-13/h2-3,5,7-8,11,16H,4,6,9-10H2,1H3. The van der Waals surface area contributed by atoms with E-state index in [1.165, 1.54) is 28.8 Å². The van der Waals surface area contributed by atoms with Gasteiger partial charge in [0.15, 0.2) is 0 Å². The van der Waals surface area contributed by atoms with Gasteiger partial charge in [0.05, 0.1) is 12.5 Å². The molecule has 18 heavy (non-hydrogen) atoms. The van der Waals surface area contributed by atoms with Crippen LogP contribution in [0.15, 0.2) is 41.2 Å². The molecule has 0 bridgehead atoms. The van der Waals surface area contributed by atoms with E-state index in [1.54, 1.807) is 12.5 Å². The molecular formula is C15H18N2O. The van der Waals surface area contributed by atoms with Crippen LogP contribution in [-0.4, -0.2) is 13.6 Å². The maximum atomic E-state index is 5.04. The van der Waals surface area contributed by atoms with E-state index in [-0.39, 0.29) is 0 Å². The zero-order valence-electron chi connectivity index (χ0n) is 10.6. The average molecular weight is 242 g/mol. The fraction of sp³-hybridized carbons (Fsp3) is 0.333. The summed E-state index contributed by atoms with van der Waals surface area (Å²) < 4.78 is 5.04. The highest BCUT2D eigenvalue weighted by Crippen LogP contribution is 2.27.